The van der Waals surface area contributed by atoms with Crippen molar-refractivity contribution < 1.29 is 46.0 Å². The Hall–Kier alpha value is -0.580. The van der Waals surface area contributed by atoms with Gasteiger partial charge in [-0.1, -0.05) is 0 Å². The summed E-state index contributed by atoms with van der Waals surface area (Å²) in [6, 6.07) is 0. The predicted molar refractivity (Wildman–Crippen MR) is 50.4 cm³/mol. The largest absolute Gasteiger partial charge is 0.416 e. The Balaban J connectivity index is 3.80. The molecule has 4 nitrogen and oxygen atoms in total. The number of ether oxygens (including phenoxy) is 2. The average molecular weight is 300 g/mol. The number of hydrogen-bond acceptors (Lipinski definition) is 4. The lowest BCUT2D eigenvalue weighted by atomic mass is 10.3. The Morgan fingerprint density at radius 3 is 1.68 bits per heavy atom. The summed E-state index contributed by atoms with van der Waals surface area (Å²) in [5.74, 6) is 0. The zero-order valence-electron chi connectivity index (χ0n) is 9.83. The van der Waals surface area contributed by atoms with Crippen LogP contribution in [0.4, 0.5) is 26.3 Å². The highest BCUT2D eigenvalue weighted by molar-refractivity contribution is 4.66. The van der Waals surface area contributed by atoms with E-state index in [9.17, 15) is 26.3 Å². The molecule has 116 valence electrons. The van der Waals surface area contributed by atoms with Gasteiger partial charge in [0.1, 0.15) is 0 Å². The minimum Gasteiger partial charge on any atom is -0.382 e. The van der Waals surface area contributed by atoms with Gasteiger partial charge in [-0.25, -0.2) is 0 Å². The number of halogens is 6. The molecule has 0 spiro atoms. The summed E-state index contributed by atoms with van der Waals surface area (Å²) >= 11 is 0. The third kappa shape index (κ3) is 8.24. The van der Waals surface area contributed by atoms with Crippen molar-refractivity contribution in [3.8, 4) is 0 Å². The van der Waals surface area contributed by atoms with E-state index in [1.165, 1.54) is 6.92 Å². The summed E-state index contributed by atoms with van der Waals surface area (Å²) in [7, 11) is 0. The molecule has 0 aliphatic rings. The molecule has 0 amide bonds. The van der Waals surface area contributed by atoms with E-state index >= 15 is 0 Å². The second-order valence-corrected chi connectivity index (χ2v) is 3.80. The van der Waals surface area contributed by atoms with E-state index in [1.807, 2.05) is 0 Å². The summed E-state index contributed by atoms with van der Waals surface area (Å²) in [5.41, 5.74) is 0. The second kappa shape index (κ2) is 7.27. The van der Waals surface area contributed by atoms with Crippen LogP contribution in [0.1, 0.15) is 6.92 Å². The Bertz CT molecular complexity index is 254. The molecule has 3 unspecified atom stereocenters. The van der Waals surface area contributed by atoms with Gasteiger partial charge in [0.2, 0.25) is 0 Å². The molecule has 3 atom stereocenters. The number of aliphatic hydroxyl groups is 2. The Morgan fingerprint density at radius 2 is 1.26 bits per heavy atom. The summed E-state index contributed by atoms with van der Waals surface area (Å²) in [6.45, 7) is -1.28. The molecule has 19 heavy (non-hydrogen) atoms. The van der Waals surface area contributed by atoms with Gasteiger partial charge in [-0.15, -0.1) is 0 Å². The predicted octanol–water partition coefficient (Wildman–Crippen LogP) is 1.25. The van der Waals surface area contributed by atoms with E-state index in [1.54, 1.807) is 0 Å². The van der Waals surface area contributed by atoms with Crippen LogP contribution in [0, 0.1) is 0 Å². The van der Waals surface area contributed by atoms with Crippen molar-refractivity contribution in [1.29, 1.82) is 0 Å². The van der Waals surface area contributed by atoms with Crippen LogP contribution >= 0.6 is 0 Å². The van der Waals surface area contributed by atoms with E-state index in [4.69, 9.17) is 10.2 Å². The molecule has 0 aromatic rings. The highest BCUT2D eigenvalue weighted by Crippen LogP contribution is 2.21. The molecular weight excluding hydrogens is 286 g/mol. The first-order chi connectivity index (χ1) is 8.44. The van der Waals surface area contributed by atoms with Gasteiger partial charge in [-0.05, 0) is 6.92 Å². The maximum Gasteiger partial charge on any atom is 0.416 e. The standard InChI is InChI=1S/C9H14F6O4/c1-5(19-4-7(17)9(13,14)15)2-18-3-6(16)8(10,11)12/h5-7,16-17H,2-4H2,1H3. The van der Waals surface area contributed by atoms with Crippen LogP contribution in [0.5, 0.6) is 0 Å². The third-order valence-electron chi connectivity index (χ3n) is 1.92. The lowest BCUT2D eigenvalue weighted by Gasteiger charge is -2.19. The van der Waals surface area contributed by atoms with Crippen LogP contribution in [-0.2, 0) is 9.47 Å². The molecule has 0 bridgehead atoms. The van der Waals surface area contributed by atoms with Gasteiger partial charge in [0.15, 0.2) is 12.2 Å². The quantitative estimate of drug-likeness (QED) is 0.695. The van der Waals surface area contributed by atoms with Gasteiger partial charge in [-0.3, -0.25) is 0 Å². The minimum atomic E-state index is -4.83. The SMILES string of the molecule is CC(COCC(O)C(F)(F)F)OCC(O)C(F)(F)F. The molecule has 0 radical (unpaired) electrons. The molecule has 0 aromatic heterocycles. The first-order valence-electron chi connectivity index (χ1n) is 5.13. The minimum absolute atomic E-state index is 0.447. The summed E-state index contributed by atoms with van der Waals surface area (Å²) in [6.07, 6.45) is -15.9. The Kier molecular flexibility index (Phi) is 7.05. The number of hydrogen-bond donors (Lipinski definition) is 2. The van der Waals surface area contributed by atoms with Crippen LogP contribution in [0.2, 0.25) is 0 Å². The normalized spacial score (nSPS) is 18.2. The van der Waals surface area contributed by atoms with Gasteiger partial charge in [-0.2, -0.15) is 26.3 Å². The summed E-state index contributed by atoms with van der Waals surface area (Å²) in [4.78, 5) is 0. The molecule has 0 aliphatic carbocycles. The van der Waals surface area contributed by atoms with Gasteiger partial charge in [0, 0.05) is 0 Å². The number of aliphatic hydroxyl groups excluding tert-OH is 2. The fourth-order valence-corrected chi connectivity index (χ4v) is 0.838. The summed E-state index contributed by atoms with van der Waals surface area (Å²) in [5, 5.41) is 17.1. The van der Waals surface area contributed by atoms with Crippen molar-refractivity contribution >= 4 is 0 Å². The first-order valence-corrected chi connectivity index (χ1v) is 5.13. The van der Waals surface area contributed by atoms with Crippen LogP contribution in [0.3, 0.4) is 0 Å². The number of rotatable bonds is 7. The third-order valence-corrected chi connectivity index (χ3v) is 1.92. The smallest absolute Gasteiger partial charge is 0.382 e. The molecule has 10 heteroatoms. The molecule has 2 N–H and O–H groups in total. The maximum atomic E-state index is 11.9. The first kappa shape index (κ1) is 18.4. The molecule has 0 aromatic carbocycles. The lowest BCUT2D eigenvalue weighted by Crippen LogP contribution is -2.36. The van der Waals surface area contributed by atoms with E-state index in [0.717, 1.165) is 0 Å². The van der Waals surface area contributed by atoms with Crippen LogP contribution in [0.25, 0.3) is 0 Å². The highest BCUT2D eigenvalue weighted by Gasteiger charge is 2.39. The van der Waals surface area contributed by atoms with Gasteiger partial charge in [0.05, 0.1) is 25.9 Å². The van der Waals surface area contributed by atoms with Crippen molar-refractivity contribution in [2.45, 2.75) is 37.6 Å². The molecular formula is C9H14F6O4. The van der Waals surface area contributed by atoms with Crippen molar-refractivity contribution in [2.24, 2.45) is 0 Å². The fourth-order valence-electron chi connectivity index (χ4n) is 0.838. The van der Waals surface area contributed by atoms with Crippen LogP contribution < -0.4 is 0 Å². The number of alkyl halides is 6. The van der Waals surface area contributed by atoms with Gasteiger partial charge in [0.25, 0.3) is 0 Å². The van der Waals surface area contributed by atoms with Crippen molar-refractivity contribution in [2.75, 3.05) is 19.8 Å². The second-order valence-electron chi connectivity index (χ2n) is 3.80. The van der Waals surface area contributed by atoms with E-state index in [-0.39, 0.29) is 0 Å². The van der Waals surface area contributed by atoms with E-state index in [2.05, 4.69) is 9.47 Å². The topological polar surface area (TPSA) is 58.9 Å². The molecule has 0 heterocycles. The zero-order chi connectivity index (χ0) is 15.3. The molecule has 0 saturated heterocycles. The Morgan fingerprint density at radius 1 is 0.842 bits per heavy atom. The van der Waals surface area contributed by atoms with Crippen molar-refractivity contribution in [1.82, 2.24) is 0 Å². The maximum absolute atomic E-state index is 11.9. The zero-order valence-corrected chi connectivity index (χ0v) is 9.83. The van der Waals surface area contributed by atoms with Crippen LogP contribution in [-0.4, -0.2) is 60.7 Å². The van der Waals surface area contributed by atoms with E-state index < -0.39 is 50.5 Å². The van der Waals surface area contributed by atoms with Crippen molar-refractivity contribution in [3.63, 3.8) is 0 Å². The molecule has 0 rings (SSSR count). The van der Waals surface area contributed by atoms with Crippen LogP contribution in [0.15, 0.2) is 0 Å². The van der Waals surface area contributed by atoms with Crippen molar-refractivity contribution in [3.05, 3.63) is 0 Å². The highest BCUT2D eigenvalue weighted by atomic mass is 19.4. The lowest BCUT2D eigenvalue weighted by molar-refractivity contribution is -0.227. The van der Waals surface area contributed by atoms with E-state index in [0.29, 0.717) is 0 Å². The Labute approximate surface area is 104 Å². The molecule has 0 fully saturated rings. The summed E-state index contributed by atoms with van der Waals surface area (Å²) < 4.78 is 80.1. The van der Waals surface area contributed by atoms with Gasteiger partial charge < -0.3 is 19.7 Å². The van der Waals surface area contributed by atoms with Gasteiger partial charge >= 0.3 is 12.4 Å². The molecule has 0 aliphatic heterocycles. The average Bonchev–Trinajstić information content (AvgIpc) is 2.22. The molecule has 0 saturated carbocycles. The monoisotopic (exact) mass is 300 g/mol. The fraction of sp³-hybridized carbons (Fsp3) is 1.00.